The van der Waals surface area contributed by atoms with Crippen LogP contribution in [0.4, 0.5) is 0 Å². The van der Waals surface area contributed by atoms with Gasteiger partial charge in [-0.15, -0.1) is 16.7 Å². The van der Waals surface area contributed by atoms with Gasteiger partial charge in [0.1, 0.15) is 12.1 Å². The van der Waals surface area contributed by atoms with Crippen molar-refractivity contribution in [3.63, 3.8) is 0 Å². The third-order valence-electron chi connectivity index (χ3n) is 4.34. The third kappa shape index (κ3) is 3.00. The summed E-state index contributed by atoms with van der Waals surface area (Å²) in [7, 11) is 1.88. The summed E-state index contributed by atoms with van der Waals surface area (Å²) in [4.78, 5) is 4.61. The quantitative estimate of drug-likeness (QED) is 0.671. The maximum atomic E-state index is 6.70. The van der Waals surface area contributed by atoms with Crippen molar-refractivity contribution in [3.8, 4) is 0 Å². The lowest BCUT2D eigenvalue weighted by atomic mass is 10.0. The second kappa shape index (κ2) is 5.85. The zero-order valence-electron chi connectivity index (χ0n) is 14.4. The molecule has 0 saturated heterocycles. The minimum absolute atomic E-state index is 0.157. The molecule has 4 rings (SSSR count). The highest BCUT2D eigenvalue weighted by Crippen LogP contribution is 2.31. The van der Waals surface area contributed by atoms with E-state index in [0.29, 0.717) is 12.5 Å². The van der Waals surface area contributed by atoms with Crippen LogP contribution in [-0.4, -0.2) is 33.0 Å². The van der Waals surface area contributed by atoms with Crippen molar-refractivity contribution in [2.24, 2.45) is 12.0 Å². The fourth-order valence-corrected chi connectivity index (χ4v) is 3.21. The smallest absolute Gasteiger partial charge is 0.216 e. The second-order valence-corrected chi connectivity index (χ2v) is 7.40. The van der Waals surface area contributed by atoms with E-state index < -0.39 is 0 Å². The maximum Gasteiger partial charge on any atom is 0.216 e. The van der Waals surface area contributed by atoms with Crippen molar-refractivity contribution in [3.05, 3.63) is 59.2 Å². The number of alkyl halides is 1. The number of benzene rings is 2. The van der Waals surface area contributed by atoms with Crippen LogP contribution >= 0.6 is 11.6 Å². The van der Waals surface area contributed by atoms with E-state index in [1.807, 2.05) is 49.5 Å². The molecule has 6 heteroatoms. The molecule has 1 unspecified atom stereocenters. The average Bonchev–Trinajstić information content (AvgIpc) is 3.16. The van der Waals surface area contributed by atoms with Gasteiger partial charge in [-0.2, -0.15) is 0 Å². The lowest BCUT2D eigenvalue weighted by Gasteiger charge is -2.11. The lowest BCUT2D eigenvalue weighted by molar-refractivity contribution is 0.279. The molecule has 0 fully saturated rings. The number of fused-ring (bicyclic) bond motifs is 1. The number of aromatic nitrogens is 3. The summed E-state index contributed by atoms with van der Waals surface area (Å²) in [6.07, 6.45) is 0. The first-order valence-electron chi connectivity index (χ1n) is 8.19. The van der Waals surface area contributed by atoms with Crippen molar-refractivity contribution in [1.82, 2.24) is 15.0 Å². The number of ether oxygens (including phenoxy) is 1. The van der Waals surface area contributed by atoms with Gasteiger partial charge >= 0.3 is 0 Å². The number of hydrogen-bond donors (Lipinski definition) is 0. The molecule has 3 aromatic rings. The van der Waals surface area contributed by atoms with Gasteiger partial charge in [-0.3, -0.25) is 0 Å². The predicted molar refractivity (Wildman–Crippen MR) is 99.2 cm³/mol. The summed E-state index contributed by atoms with van der Waals surface area (Å²) in [5.41, 5.74) is 4.69. The number of aryl methyl sites for hydroxylation is 1. The molecule has 0 bridgehead atoms. The van der Waals surface area contributed by atoms with Crippen molar-refractivity contribution in [2.45, 2.75) is 24.8 Å². The van der Waals surface area contributed by atoms with Crippen molar-refractivity contribution < 1.29 is 4.74 Å². The maximum absolute atomic E-state index is 6.70. The molecule has 25 heavy (non-hydrogen) atoms. The molecule has 1 aromatic heterocycles. The molecule has 1 atom stereocenters. The van der Waals surface area contributed by atoms with E-state index in [0.717, 1.165) is 27.7 Å². The number of hydrogen-bond acceptors (Lipinski definition) is 4. The van der Waals surface area contributed by atoms with Crippen LogP contribution in [0.2, 0.25) is 0 Å². The molecule has 0 N–H and O–H groups in total. The van der Waals surface area contributed by atoms with Crippen LogP contribution < -0.4 is 0 Å². The van der Waals surface area contributed by atoms with Gasteiger partial charge < -0.3 is 4.74 Å². The van der Waals surface area contributed by atoms with E-state index in [2.05, 4.69) is 29.2 Å². The fraction of sp³-hybridized carbons (Fsp3) is 0.316. The van der Waals surface area contributed by atoms with Crippen LogP contribution in [-0.2, 0) is 11.8 Å². The molecule has 0 radical (unpaired) electrons. The molecule has 128 valence electrons. The Labute approximate surface area is 151 Å². The number of rotatable bonds is 3. The van der Waals surface area contributed by atoms with Crippen LogP contribution in [0.15, 0.2) is 47.5 Å². The van der Waals surface area contributed by atoms with E-state index in [1.165, 1.54) is 0 Å². The molecular formula is C19H19ClN4O. The number of halogens is 1. The van der Waals surface area contributed by atoms with Gasteiger partial charge in [-0.25, -0.2) is 9.67 Å². The zero-order valence-corrected chi connectivity index (χ0v) is 15.2. The molecule has 0 saturated carbocycles. The van der Waals surface area contributed by atoms with Crippen molar-refractivity contribution in [2.75, 3.05) is 6.61 Å². The Kier molecular flexibility index (Phi) is 3.76. The Hall–Kier alpha value is -2.40. The third-order valence-corrected chi connectivity index (χ3v) is 4.85. The standard InChI is InChI=1S/C19H19ClN4O/c1-19(2)11-25-18(21-19)13-6-4-12(5-7-13)17(20)14-8-9-15-16(10-14)24(3)23-22-15/h4-10,17H,11H2,1-3H3. The summed E-state index contributed by atoms with van der Waals surface area (Å²) in [6.45, 7) is 4.74. The van der Waals surface area contributed by atoms with Crippen LogP contribution in [0.5, 0.6) is 0 Å². The van der Waals surface area contributed by atoms with Gasteiger partial charge in [0.25, 0.3) is 0 Å². The highest BCUT2D eigenvalue weighted by Gasteiger charge is 2.27. The zero-order chi connectivity index (χ0) is 17.6. The van der Waals surface area contributed by atoms with E-state index >= 15 is 0 Å². The molecule has 2 heterocycles. The van der Waals surface area contributed by atoms with Crippen LogP contribution in [0.25, 0.3) is 11.0 Å². The largest absolute Gasteiger partial charge is 0.475 e. The van der Waals surface area contributed by atoms with Gasteiger partial charge in [0.05, 0.1) is 16.4 Å². The SMILES string of the molecule is Cn1nnc2ccc(C(Cl)c3ccc(C4=NC(C)(C)CO4)cc3)cc21. The molecule has 0 aliphatic carbocycles. The minimum Gasteiger partial charge on any atom is -0.475 e. The second-order valence-electron chi connectivity index (χ2n) is 6.96. The Morgan fingerprint density at radius 3 is 2.52 bits per heavy atom. The molecule has 1 aliphatic heterocycles. The first-order valence-corrected chi connectivity index (χ1v) is 8.63. The van der Waals surface area contributed by atoms with Gasteiger partial charge in [0.2, 0.25) is 5.90 Å². The molecule has 0 amide bonds. The van der Waals surface area contributed by atoms with E-state index in [-0.39, 0.29) is 10.9 Å². The molecule has 5 nitrogen and oxygen atoms in total. The topological polar surface area (TPSA) is 52.3 Å². The van der Waals surface area contributed by atoms with Crippen LogP contribution in [0, 0.1) is 0 Å². The van der Waals surface area contributed by atoms with Gasteiger partial charge in [0, 0.05) is 12.6 Å². The summed E-state index contributed by atoms with van der Waals surface area (Å²) in [5.74, 6) is 0.699. The van der Waals surface area contributed by atoms with E-state index in [4.69, 9.17) is 16.3 Å². The summed E-state index contributed by atoms with van der Waals surface area (Å²) < 4.78 is 7.44. The highest BCUT2D eigenvalue weighted by atomic mass is 35.5. The minimum atomic E-state index is -0.240. The van der Waals surface area contributed by atoms with Crippen molar-refractivity contribution >= 4 is 28.5 Å². The first kappa shape index (κ1) is 16.1. The van der Waals surface area contributed by atoms with Crippen LogP contribution in [0.3, 0.4) is 0 Å². The molecule has 0 spiro atoms. The van der Waals surface area contributed by atoms with E-state index in [9.17, 15) is 0 Å². The van der Waals surface area contributed by atoms with E-state index in [1.54, 1.807) is 4.68 Å². The Balaban J connectivity index is 1.61. The highest BCUT2D eigenvalue weighted by molar-refractivity contribution is 6.22. The van der Waals surface area contributed by atoms with Gasteiger partial charge in [0.15, 0.2) is 0 Å². The molecular weight excluding hydrogens is 336 g/mol. The monoisotopic (exact) mass is 354 g/mol. The number of aliphatic imine (C=N–C) groups is 1. The summed E-state index contributed by atoms with van der Waals surface area (Å²) in [5, 5.41) is 7.89. The van der Waals surface area contributed by atoms with Crippen LogP contribution in [0.1, 0.15) is 35.9 Å². The first-order chi connectivity index (χ1) is 11.9. The molecule has 2 aromatic carbocycles. The average molecular weight is 355 g/mol. The normalized spacial score (nSPS) is 17.4. The lowest BCUT2D eigenvalue weighted by Crippen LogP contribution is -2.17. The predicted octanol–water partition coefficient (Wildman–Crippen LogP) is 3.85. The summed E-state index contributed by atoms with van der Waals surface area (Å²) in [6, 6.07) is 14.0. The fourth-order valence-electron chi connectivity index (χ4n) is 2.92. The van der Waals surface area contributed by atoms with Gasteiger partial charge in [-0.05, 0) is 49.2 Å². The molecule has 1 aliphatic rings. The Morgan fingerprint density at radius 2 is 1.84 bits per heavy atom. The van der Waals surface area contributed by atoms with Gasteiger partial charge in [-0.1, -0.05) is 23.4 Å². The van der Waals surface area contributed by atoms with Crippen molar-refractivity contribution in [1.29, 1.82) is 0 Å². The Bertz CT molecular complexity index is 959. The number of nitrogens with zero attached hydrogens (tertiary/aromatic N) is 4. The summed E-state index contributed by atoms with van der Waals surface area (Å²) >= 11 is 6.70. The Morgan fingerprint density at radius 1 is 1.12 bits per heavy atom.